The number of ether oxygens (including phenoxy) is 1. The molecule has 5 nitrogen and oxygen atoms in total. The Balaban J connectivity index is 1.82. The lowest BCUT2D eigenvalue weighted by Gasteiger charge is -2.20. The molecule has 1 atom stereocenters. The first-order chi connectivity index (χ1) is 10.5. The maximum absolute atomic E-state index is 12.2. The number of nitrogens with zero attached hydrogens (tertiary/aromatic N) is 1. The molecule has 2 rings (SSSR count). The minimum Gasteiger partial charge on any atom is -0.496 e. The van der Waals surface area contributed by atoms with Crippen molar-refractivity contribution in [3.05, 3.63) is 29.8 Å². The molecule has 2 amide bonds. The SMILES string of the molecule is COc1ccccc1CCNC(=O)C1CC(=O)N(C(C)C)C1. The second-order valence-electron chi connectivity index (χ2n) is 5.89. The number of amides is 2. The van der Waals surface area contributed by atoms with Crippen molar-refractivity contribution in [2.45, 2.75) is 32.7 Å². The number of carbonyl (C=O) groups excluding carboxylic acids is 2. The summed E-state index contributed by atoms with van der Waals surface area (Å²) < 4.78 is 5.29. The quantitative estimate of drug-likeness (QED) is 0.868. The van der Waals surface area contributed by atoms with Gasteiger partial charge in [0.2, 0.25) is 11.8 Å². The normalized spacial score (nSPS) is 17.9. The molecule has 0 bridgehead atoms. The van der Waals surface area contributed by atoms with Gasteiger partial charge in [-0.1, -0.05) is 18.2 Å². The Morgan fingerprint density at radius 1 is 1.41 bits per heavy atom. The zero-order chi connectivity index (χ0) is 16.1. The molecule has 1 aliphatic heterocycles. The second kappa shape index (κ2) is 7.29. The monoisotopic (exact) mass is 304 g/mol. The average Bonchev–Trinajstić information content (AvgIpc) is 2.90. The predicted molar refractivity (Wildman–Crippen MR) is 84.7 cm³/mol. The number of carbonyl (C=O) groups is 2. The summed E-state index contributed by atoms with van der Waals surface area (Å²) >= 11 is 0. The lowest BCUT2D eigenvalue weighted by atomic mass is 10.1. The molecule has 0 aliphatic carbocycles. The Kier molecular flexibility index (Phi) is 5.41. The van der Waals surface area contributed by atoms with Gasteiger partial charge in [-0.3, -0.25) is 9.59 Å². The van der Waals surface area contributed by atoms with Crippen molar-refractivity contribution in [3.63, 3.8) is 0 Å². The van der Waals surface area contributed by atoms with Gasteiger partial charge in [0, 0.05) is 25.6 Å². The van der Waals surface area contributed by atoms with Crippen LogP contribution < -0.4 is 10.1 Å². The largest absolute Gasteiger partial charge is 0.496 e. The molecule has 1 aliphatic rings. The highest BCUT2D eigenvalue weighted by atomic mass is 16.5. The molecule has 1 heterocycles. The second-order valence-corrected chi connectivity index (χ2v) is 5.89. The summed E-state index contributed by atoms with van der Waals surface area (Å²) in [7, 11) is 1.64. The van der Waals surface area contributed by atoms with E-state index < -0.39 is 0 Å². The van der Waals surface area contributed by atoms with E-state index in [1.165, 1.54) is 0 Å². The smallest absolute Gasteiger partial charge is 0.225 e. The molecule has 1 aromatic rings. The third-order valence-electron chi connectivity index (χ3n) is 4.04. The Morgan fingerprint density at radius 2 is 2.14 bits per heavy atom. The average molecular weight is 304 g/mol. The van der Waals surface area contributed by atoms with Gasteiger partial charge in [0.25, 0.3) is 0 Å². The minimum absolute atomic E-state index is 0.0357. The van der Waals surface area contributed by atoms with E-state index in [9.17, 15) is 9.59 Å². The van der Waals surface area contributed by atoms with Crippen LogP contribution in [-0.4, -0.2) is 43.0 Å². The highest BCUT2D eigenvalue weighted by Crippen LogP contribution is 2.20. The van der Waals surface area contributed by atoms with Crippen LogP contribution in [0.15, 0.2) is 24.3 Å². The summed E-state index contributed by atoms with van der Waals surface area (Å²) in [6, 6.07) is 7.93. The molecule has 5 heteroatoms. The number of benzene rings is 1. The molecule has 0 spiro atoms. The van der Waals surface area contributed by atoms with E-state index in [0.29, 0.717) is 25.9 Å². The van der Waals surface area contributed by atoms with Crippen molar-refractivity contribution in [2.75, 3.05) is 20.2 Å². The van der Waals surface area contributed by atoms with Gasteiger partial charge in [-0.2, -0.15) is 0 Å². The number of hydrogen-bond acceptors (Lipinski definition) is 3. The summed E-state index contributed by atoms with van der Waals surface area (Å²) in [5.41, 5.74) is 1.07. The third-order valence-corrected chi connectivity index (χ3v) is 4.04. The molecule has 120 valence electrons. The number of rotatable bonds is 6. The predicted octanol–water partition coefficient (Wildman–Crippen LogP) is 1.61. The van der Waals surface area contributed by atoms with Crippen molar-refractivity contribution in [1.29, 1.82) is 0 Å². The molecular weight excluding hydrogens is 280 g/mol. The molecular formula is C17H24N2O3. The first kappa shape index (κ1) is 16.3. The maximum atomic E-state index is 12.2. The lowest BCUT2D eigenvalue weighted by molar-refractivity contribution is -0.129. The van der Waals surface area contributed by atoms with Gasteiger partial charge in [0.05, 0.1) is 13.0 Å². The van der Waals surface area contributed by atoms with Crippen molar-refractivity contribution >= 4 is 11.8 Å². The molecule has 0 aromatic heterocycles. The lowest BCUT2D eigenvalue weighted by Crippen LogP contribution is -2.36. The molecule has 22 heavy (non-hydrogen) atoms. The molecule has 0 saturated carbocycles. The van der Waals surface area contributed by atoms with Crippen LogP contribution in [0.5, 0.6) is 5.75 Å². The number of methoxy groups -OCH3 is 1. The van der Waals surface area contributed by atoms with Crippen LogP contribution in [0.1, 0.15) is 25.8 Å². The number of likely N-dealkylation sites (tertiary alicyclic amines) is 1. The van der Waals surface area contributed by atoms with E-state index in [-0.39, 0.29) is 23.8 Å². The van der Waals surface area contributed by atoms with Crippen LogP contribution in [0.3, 0.4) is 0 Å². The van der Waals surface area contributed by atoms with E-state index in [0.717, 1.165) is 11.3 Å². The van der Waals surface area contributed by atoms with Gasteiger partial charge in [-0.05, 0) is 31.9 Å². The van der Waals surface area contributed by atoms with Crippen LogP contribution in [0.4, 0.5) is 0 Å². The first-order valence-corrected chi connectivity index (χ1v) is 7.72. The van der Waals surface area contributed by atoms with Gasteiger partial charge < -0.3 is 15.0 Å². The van der Waals surface area contributed by atoms with Crippen molar-refractivity contribution in [2.24, 2.45) is 5.92 Å². The standard InChI is InChI=1S/C17H24N2O3/c1-12(2)19-11-14(10-16(19)20)17(21)18-9-8-13-6-4-5-7-15(13)22-3/h4-7,12,14H,8-11H2,1-3H3,(H,18,21). The summed E-state index contributed by atoms with van der Waals surface area (Å²) in [6.45, 7) is 5.02. The van der Waals surface area contributed by atoms with Crippen molar-refractivity contribution in [1.82, 2.24) is 10.2 Å². The van der Waals surface area contributed by atoms with Crippen LogP contribution in [-0.2, 0) is 16.0 Å². The fourth-order valence-electron chi connectivity index (χ4n) is 2.78. The van der Waals surface area contributed by atoms with E-state index in [1.807, 2.05) is 38.1 Å². The van der Waals surface area contributed by atoms with Gasteiger partial charge in [-0.15, -0.1) is 0 Å². The molecule has 1 aromatic carbocycles. The topological polar surface area (TPSA) is 58.6 Å². The first-order valence-electron chi connectivity index (χ1n) is 7.72. The van der Waals surface area contributed by atoms with Crippen molar-refractivity contribution < 1.29 is 14.3 Å². The molecule has 1 unspecified atom stereocenters. The maximum Gasteiger partial charge on any atom is 0.225 e. The number of nitrogens with one attached hydrogen (secondary N) is 1. The summed E-state index contributed by atoms with van der Waals surface area (Å²) in [5, 5.41) is 2.93. The highest BCUT2D eigenvalue weighted by Gasteiger charge is 2.35. The molecule has 1 N–H and O–H groups in total. The Morgan fingerprint density at radius 3 is 2.77 bits per heavy atom. The van der Waals surface area contributed by atoms with Crippen LogP contribution in [0.2, 0.25) is 0 Å². The Bertz CT molecular complexity index is 542. The Hall–Kier alpha value is -2.04. The van der Waals surface area contributed by atoms with E-state index in [1.54, 1.807) is 12.0 Å². The van der Waals surface area contributed by atoms with Gasteiger partial charge in [-0.25, -0.2) is 0 Å². The van der Waals surface area contributed by atoms with Crippen LogP contribution in [0.25, 0.3) is 0 Å². The van der Waals surface area contributed by atoms with Gasteiger partial charge in [0.1, 0.15) is 5.75 Å². The fourth-order valence-corrected chi connectivity index (χ4v) is 2.78. The molecule has 1 fully saturated rings. The van der Waals surface area contributed by atoms with Crippen LogP contribution in [0, 0.1) is 5.92 Å². The highest BCUT2D eigenvalue weighted by molar-refractivity contribution is 5.89. The van der Waals surface area contributed by atoms with Crippen molar-refractivity contribution in [3.8, 4) is 5.75 Å². The zero-order valence-corrected chi connectivity index (χ0v) is 13.5. The summed E-state index contributed by atoms with van der Waals surface area (Å²) in [4.78, 5) is 25.8. The third kappa shape index (κ3) is 3.78. The number of hydrogen-bond donors (Lipinski definition) is 1. The molecule has 0 radical (unpaired) electrons. The molecule has 1 saturated heterocycles. The van der Waals surface area contributed by atoms with Gasteiger partial charge in [0.15, 0.2) is 0 Å². The van der Waals surface area contributed by atoms with Crippen LogP contribution >= 0.6 is 0 Å². The zero-order valence-electron chi connectivity index (χ0n) is 13.5. The van der Waals surface area contributed by atoms with Gasteiger partial charge >= 0.3 is 0 Å². The number of para-hydroxylation sites is 1. The van der Waals surface area contributed by atoms with E-state index >= 15 is 0 Å². The summed E-state index contributed by atoms with van der Waals surface area (Å²) in [6.07, 6.45) is 1.03. The van der Waals surface area contributed by atoms with E-state index in [2.05, 4.69) is 5.32 Å². The fraction of sp³-hybridized carbons (Fsp3) is 0.529. The minimum atomic E-state index is -0.229. The Labute approximate surface area is 131 Å². The summed E-state index contributed by atoms with van der Waals surface area (Å²) in [5.74, 6) is 0.637. The van der Waals surface area contributed by atoms with E-state index in [4.69, 9.17) is 4.74 Å².